The number of halogens is 1. The Kier molecular flexibility index (Phi) is 14.7. The van der Waals surface area contributed by atoms with Gasteiger partial charge in [-0.05, 0) is 45.3 Å². The Balaban J connectivity index is 4.22. The van der Waals surface area contributed by atoms with Gasteiger partial charge in [0.2, 0.25) is 0 Å². The van der Waals surface area contributed by atoms with Crippen molar-refractivity contribution in [2.24, 2.45) is 0 Å². The normalized spacial score (nSPS) is 11.5. The minimum absolute atomic E-state index is 0.824. The van der Waals surface area contributed by atoms with Crippen molar-refractivity contribution in [3.8, 4) is 0 Å². The Morgan fingerprint density at radius 1 is 0.600 bits per heavy atom. The van der Waals surface area contributed by atoms with Crippen LogP contribution in [0.15, 0.2) is 36.5 Å². The highest BCUT2D eigenvalue weighted by molar-refractivity contribution is 6.81. The van der Waals surface area contributed by atoms with Crippen LogP contribution in [0.2, 0.25) is 24.2 Å². The third kappa shape index (κ3) is 14.6. The molecule has 0 bridgehead atoms. The van der Waals surface area contributed by atoms with Gasteiger partial charge in [-0.15, -0.1) is 31.3 Å². The summed E-state index contributed by atoms with van der Waals surface area (Å²) in [7, 11) is -1.39. The first-order valence-electron chi connectivity index (χ1n) is 10.3. The van der Waals surface area contributed by atoms with Gasteiger partial charge in [0.1, 0.15) is 0 Å². The molecule has 0 unspecified atom stereocenters. The molecule has 0 saturated heterocycles. The lowest BCUT2D eigenvalue weighted by Gasteiger charge is -2.33. The van der Waals surface area contributed by atoms with Crippen LogP contribution in [0.25, 0.3) is 0 Å². The van der Waals surface area contributed by atoms with E-state index in [-0.39, 0.29) is 0 Å². The van der Waals surface area contributed by atoms with Crippen LogP contribution in [0.1, 0.15) is 78.6 Å². The maximum Gasteiger partial charge on any atom is 0.0656 e. The summed E-state index contributed by atoms with van der Waals surface area (Å²) in [5.74, 6) is 0.824. The molecule has 146 valence electrons. The summed E-state index contributed by atoms with van der Waals surface area (Å²) in [4.78, 5) is 0. The average Bonchev–Trinajstić information content (AvgIpc) is 2.47. The van der Waals surface area contributed by atoms with Gasteiger partial charge in [0.15, 0.2) is 0 Å². The highest BCUT2D eigenvalue weighted by atomic mass is 35.5. The number of allylic oxidation sites excluding steroid dienone is 3. The van der Waals surface area contributed by atoms with Crippen molar-refractivity contribution in [1.82, 2.24) is 0 Å². The molecule has 25 heavy (non-hydrogen) atoms. The molecule has 0 N–H and O–H groups in total. The van der Waals surface area contributed by atoms with Gasteiger partial charge in [-0.3, -0.25) is 0 Å². The van der Waals surface area contributed by atoms with Crippen molar-refractivity contribution in [3.05, 3.63) is 36.5 Å². The van der Waals surface area contributed by atoms with Crippen molar-refractivity contribution in [3.63, 3.8) is 0 Å². The zero-order valence-corrected chi connectivity index (χ0v) is 19.2. The van der Waals surface area contributed by atoms with Gasteiger partial charge in [-0.2, -0.15) is 0 Å². The number of hydrogen-bond acceptors (Lipinski definition) is 0. The van der Waals surface area contributed by atoms with Crippen molar-refractivity contribution >= 4 is 19.7 Å². The Morgan fingerprint density at radius 2 is 0.920 bits per heavy atom. The molecule has 0 radical (unpaired) electrons. The van der Waals surface area contributed by atoms with Crippen LogP contribution < -0.4 is 0 Å². The summed E-state index contributed by atoms with van der Waals surface area (Å²) in [6.07, 6.45) is 12.2. The highest BCUT2D eigenvalue weighted by Gasteiger charge is 2.32. The Bertz CT molecular complexity index is 356. The van der Waals surface area contributed by atoms with E-state index in [0.717, 1.165) is 5.88 Å². The predicted octanol–water partition coefficient (Wildman–Crippen LogP) is 8.91. The number of alkyl halides is 1. The topological polar surface area (TPSA) is 0 Å². The molecule has 0 fully saturated rings. The molecule has 0 saturated carbocycles. The summed E-state index contributed by atoms with van der Waals surface area (Å²) >= 11 is 5.72. The van der Waals surface area contributed by atoms with E-state index in [2.05, 4.69) is 40.5 Å². The van der Waals surface area contributed by atoms with E-state index in [1.54, 1.807) is 0 Å². The molecule has 0 aromatic rings. The summed E-state index contributed by atoms with van der Waals surface area (Å²) in [5.41, 5.74) is 4.06. The van der Waals surface area contributed by atoms with Crippen LogP contribution in [-0.4, -0.2) is 14.0 Å². The first-order chi connectivity index (χ1) is 11.8. The van der Waals surface area contributed by atoms with E-state index < -0.39 is 8.07 Å². The maximum absolute atomic E-state index is 5.72. The fourth-order valence-electron chi connectivity index (χ4n) is 4.21. The first-order valence-corrected chi connectivity index (χ1v) is 13.7. The summed E-state index contributed by atoms with van der Waals surface area (Å²) in [6, 6.07) is 5.14. The molecule has 0 spiro atoms. The second-order valence-corrected chi connectivity index (χ2v) is 13.5. The van der Waals surface area contributed by atoms with E-state index >= 15 is 0 Å². The smallest absolute Gasteiger partial charge is 0.0656 e. The summed E-state index contributed by atoms with van der Waals surface area (Å²) < 4.78 is 0. The quantitative estimate of drug-likeness (QED) is 0.102. The standard InChI is InChI=1S/C23H43ClSi/c1-21(2)18-25(19-22(3)4,20-23(5)6)17-15-13-11-9-7-8-10-12-14-16-24/h1,3,5,7-20H2,2,4,6H3. The van der Waals surface area contributed by atoms with Crippen LogP contribution >= 0.6 is 11.6 Å². The third-order valence-electron chi connectivity index (χ3n) is 4.87. The van der Waals surface area contributed by atoms with Crippen LogP contribution in [-0.2, 0) is 0 Å². The van der Waals surface area contributed by atoms with Gasteiger partial charge in [0.25, 0.3) is 0 Å². The lowest BCUT2D eigenvalue weighted by atomic mass is 10.1. The molecule has 0 heterocycles. The van der Waals surface area contributed by atoms with Gasteiger partial charge in [0, 0.05) is 5.88 Å². The monoisotopic (exact) mass is 382 g/mol. The lowest BCUT2D eigenvalue weighted by Crippen LogP contribution is -2.34. The van der Waals surface area contributed by atoms with Gasteiger partial charge < -0.3 is 0 Å². The fraction of sp³-hybridized carbons (Fsp3) is 0.739. The minimum atomic E-state index is -1.39. The molecule has 0 aliphatic carbocycles. The van der Waals surface area contributed by atoms with E-state index in [0.29, 0.717) is 0 Å². The van der Waals surface area contributed by atoms with Crippen LogP contribution in [0.3, 0.4) is 0 Å². The molecule has 0 aliphatic rings. The molecule has 0 atom stereocenters. The zero-order chi connectivity index (χ0) is 19.1. The van der Waals surface area contributed by atoms with Crippen LogP contribution in [0.4, 0.5) is 0 Å². The predicted molar refractivity (Wildman–Crippen MR) is 122 cm³/mol. The maximum atomic E-state index is 5.72. The minimum Gasteiger partial charge on any atom is -0.127 e. The van der Waals surface area contributed by atoms with E-state index in [4.69, 9.17) is 11.6 Å². The van der Waals surface area contributed by atoms with Gasteiger partial charge >= 0.3 is 0 Å². The van der Waals surface area contributed by atoms with Crippen molar-refractivity contribution in [2.75, 3.05) is 5.88 Å². The van der Waals surface area contributed by atoms with Crippen molar-refractivity contribution in [2.45, 2.75) is 103 Å². The fourth-order valence-corrected chi connectivity index (χ4v) is 10.1. The molecule has 0 aromatic heterocycles. The van der Waals surface area contributed by atoms with Crippen molar-refractivity contribution < 1.29 is 0 Å². The molecule has 0 aliphatic heterocycles. The Hall–Kier alpha value is -0.273. The van der Waals surface area contributed by atoms with E-state index in [1.807, 2.05) is 0 Å². The number of rotatable bonds is 17. The molecule has 0 rings (SSSR count). The Morgan fingerprint density at radius 3 is 1.24 bits per heavy atom. The Labute approximate surface area is 164 Å². The largest absolute Gasteiger partial charge is 0.127 e. The van der Waals surface area contributed by atoms with Gasteiger partial charge in [-0.1, -0.05) is 74.1 Å². The molecule has 0 nitrogen and oxygen atoms in total. The summed E-state index contributed by atoms with van der Waals surface area (Å²) in [5, 5.41) is 0. The second-order valence-electron chi connectivity index (χ2n) is 8.52. The van der Waals surface area contributed by atoms with Crippen molar-refractivity contribution in [1.29, 1.82) is 0 Å². The molecule has 0 amide bonds. The van der Waals surface area contributed by atoms with E-state index in [9.17, 15) is 0 Å². The molecule has 0 aromatic carbocycles. The molecular formula is C23H43ClSi. The van der Waals surface area contributed by atoms with Gasteiger partial charge in [0.05, 0.1) is 8.07 Å². The van der Waals surface area contributed by atoms with E-state index in [1.165, 1.54) is 98.7 Å². The second kappa shape index (κ2) is 14.9. The number of hydrogen-bond donors (Lipinski definition) is 0. The number of unbranched alkanes of at least 4 members (excludes halogenated alkanes) is 8. The highest BCUT2D eigenvalue weighted by Crippen LogP contribution is 2.35. The molecule has 2 heteroatoms. The molecular weight excluding hydrogens is 340 g/mol. The summed E-state index contributed by atoms with van der Waals surface area (Å²) in [6.45, 7) is 19.3. The zero-order valence-electron chi connectivity index (χ0n) is 17.4. The lowest BCUT2D eigenvalue weighted by molar-refractivity contribution is 0.571. The van der Waals surface area contributed by atoms with Crippen LogP contribution in [0.5, 0.6) is 0 Å². The average molecular weight is 383 g/mol. The van der Waals surface area contributed by atoms with Gasteiger partial charge in [-0.25, -0.2) is 0 Å². The first kappa shape index (κ1) is 24.7. The van der Waals surface area contributed by atoms with Crippen LogP contribution in [0, 0.1) is 0 Å². The SMILES string of the molecule is C=C(C)C[Si](CCCCCCCCCCCCl)(CC(=C)C)CC(=C)C. The third-order valence-corrected chi connectivity index (χ3v) is 10.6.